The van der Waals surface area contributed by atoms with Crippen molar-refractivity contribution in [1.29, 1.82) is 0 Å². The molecule has 1 heterocycles. The van der Waals surface area contributed by atoms with Crippen LogP contribution >= 0.6 is 0 Å². The van der Waals surface area contributed by atoms with Crippen molar-refractivity contribution >= 4 is 17.7 Å². The highest BCUT2D eigenvalue weighted by atomic mass is 16.2. The zero-order valence-electron chi connectivity index (χ0n) is 9.45. The minimum absolute atomic E-state index is 0.00767. The SMILES string of the molecule is CC(C)[C@@H](N)C(=O)NC1CCC(=O)NC1=O. The number of carbonyl (C=O) groups is 3. The van der Waals surface area contributed by atoms with E-state index >= 15 is 0 Å². The van der Waals surface area contributed by atoms with Gasteiger partial charge in [-0.05, 0) is 12.3 Å². The third-order valence-corrected chi connectivity index (χ3v) is 2.58. The van der Waals surface area contributed by atoms with Crippen LogP contribution in [0.4, 0.5) is 0 Å². The average molecular weight is 227 g/mol. The molecule has 0 saturated carbocycles. The topological polar surface area (TPSA) is 101 Å². The summed E-state index contributed by atoms with van der Waals surface area (Å²) in [7, 11) is 0. The van der Waals surface area contributed by atoms with Gasteiger partial charge in [-0.1, -0.05) is 13.8 Å². The Morgan fingerprint density at radius 1 is 1.50 bits per heavy atom. The van der Waals surface area contributed by atoms with Crippen LogP contribution in [0.15, 0.2) is 0 Å². The van der Waals surface area contributed by atoms with Crippen molar-refractivity contribution in [2.75, 3.05) is 0 Å². The fourth-order valence-corrected chi connectivity index (χ4v) is 1.40. The van der Waals surface area contributed by atoms with Crippen LogP contribution in [0.1, 0.15) is 26.7 Å². The van der Waals surface area contributed by atoms with Crippen LogP contribution in [0.25, 0.3) is 0 Å². The maximum Gasteiger partial charge on any atom is 0.249 e. The van der Waals surface area contributed by atoms with E-state index < -0.39 is 18.0 Å². The molecular formula is C10H17N3O3. The van der Waals surface area contributed by atoms with Crippen LogP contribution in [0, 0.1) is 5.92 Å². The molecule has 1 rings (SSSR count). The summed E-state index contributed by atoms with van der Waals surface area (Å²) in [4.78, 5) is 33.8. The van der Waals surface area contributed by atoms with E-state index in [1.165, 1.54) is 0 Å². The molecule has 1 fully saturated rings. The number of nitrogens with one attached hydrogen (secondary N) is 2. The Bertz CT molecular complexity index is 314. The molecule has 1 aliphatic heterocycles. The first kappa shape index (κ1) is 12.6. The van der Waals surface area contributed by atoms with Gasteiger partial charge in [0.25, 0.3) is 0 Å². The molecule has 0 aromatic heterocycles. The van der Waals surface area contributed by atoms with Crippen LogP contribution < -0.4 is 16.4 Å². The van der Waals surface area contributed by atoms with Gasteiger partial charge in [-0.25, -0.2) is 0 Å². The van der Waals surface area contributed by atoms with Crippen LogP contribution in [0.3, 0.4) is 0 Å². The van der Waals surface area contributed by atoms with E-state index in [9.17, 15) is 14.4 Å². The molecule has 1 aliphatic rings. The second-order valence-electron chi connectivity index (χ2n) is 4.28. The second-order valence-corrected chi connectivity index (χ2v) is 4.28. The fourth-order valence-electron chi connectivity index (χ4n) is 1.40. The normalized spacial score (nSPS) is 22.9. The van der Waals surface area contributed by atoms with Crippen molar-refractivity contribution < 1.29 is 14.4 Å². The third kappa shape index (κ3) is 3.03. The number of rotatable bonds is 3. The molecule has 3 amide bonds. The van der Waals surface area contributed by atoms with Gasteiger partial charge in [0, 0.05) is 6.42 Å². The third-order valence-electron chi connectivity index (χ3n) is 2.58. The van der Waals surface area contributed by atoms with Gasteiger partial charge in [0.05, 0.1) is 6.04 Å². The lowest BCUT2D eigenvalue weighted by molar-refractivity contribution is -0.137. The number of nitrogens with two attached hydrogens (primary N) is 1. The largest absolute Gasteiger partial charge is 0.343 e. The van der Waals surface area contributed by atoms with E-state index in [1.807, 2.05) is 13.8 Å². The summed E-state index contributed by atoms with van der Waals surface area (Å²) < 4.78 is 0. The Kier molecular flexibility index (Phi) is 4.00. The first-order valence-corrected chi connectivity index (χ1v) is 5.31. The minimum Gasteiger partial charge on any atom is -0.343 e. The summed E-state index contributed by atoms with van der Waals surface area (Å²) in [5, 5.41) is 4.71. The van der Waals surface area contributed by atoms with Crippen LogP contribution in [-0.4, -0.2) is 29.8 Å². The molecule has 16 heavy (non-hydrogen) atoms. The lowest BCUT2D eigenvalue weighted by Crippen LogP contribution is -2.56. The summed E-state index contributed by atoms with van der Waals surface area (Å²) in [5.41, 5.74) is 5.64. The van der Waals surface area contributed by atoms with Crippen LogP contribution in [-0.2, 0) is 14.4 Å². The molecular weight excluding hydrogens is 210 g/mol. The maximum absolute atomic E-state index is 11.6. The van der Waals surface area contributed by atoms with Gasteiger partial charge >= 0.3 is 0 Å². The Hall–Kier alpha value is -1.43. The lowest BCUT2D eigenvalue weighted by atomic mass is 10.0. The molecule has 0 bridgehead atoms. The van der Waals surface area contributed by atoms with E-state index in [-0.39, 0.29) is 24.2 Å². The highest BCUT2D eigenvalue weighted by Gasteiger charge is 2.29. The smallest absolute Gasteiger partial charge is 0.249 e. The van der Waals surface area contributed by atoms with Crippen molar-refractivity contribution in [3.63, 3.8) is 0 Å². The Morgan fingerprint density at radius 3 is 2.62 bits per heavy atom. The number of hydrogen-bond acceptors (Lipinski definition) is 4. The first-order valence-electron chi connectivity index (χ1n) is 5.31. The molecule has 6 heteroatoms. The van der Waals surface area contributed by atoms with Crippen molar-refractivity contribution in [2.24, 2.45) is 11.7 Å². The number of amides is 3. The molecule has 1 unspecified atom stereocenters. The second kappa shape index (κ2) is 5.07. The zero-order chi connectivity index (χ0) is 12.3. The van der Waals surface area contributed by atoms with Gasteiger partial charge in [0.2, 0.25) is 17.7 Å². The summed E-state index contributed by atoms with van der Waals surface area (Å²) in [6, 6.07) is -1.28. The molecule has 90 valence electrons. The van der Waals surface area contributed by atoms with Crippen LogP contribution in [0.2, 0.25) is 0 Å². The molecule has 2 atom stereocenters. The molecule has 0 aromatic rings. The van der Waals surface area contributed by atoms with Crippen molar-refractivity contribution in [3.05, 3.63) is 0 Å². The van der Waals surface area contributed by atoms with Crippen molar-refractivity contribution in [1.82, 2.24) is 10.6 Å². The Morgan fingerprint density at radius 2 is 2.12 bits per heavy atom. The Labute approximate surface area is 93.9 Å². The summed E-state index contributed by atoms with van der Waals surface area (Å²) in [5.74, 6) is -1.11. The summed E-state index contributed by atoms with van der Waals surface area (Å²) >= 11 is 0. The molecule has 0 aliphatic carbocycles. The van der Waals surface area contributed by atoms with Gasteiger partial charge in [-0.3, -0.25) is 19.7 Å². The maximum atomic E-state index is 11.6. The summed E-state index contributed by atoms with van der Waals surface area (Å²) in [6.07, 6.45) is 0.578. The predicted octanol–water partition coefficient (Wildman–Crippen LogP) is -1.11. The molecule has 6 nitrogen and oxygen atoms in total. The number of imide groups is 1. The highest BCUT2D eigenvalue weighted by Crippen LogP contribution is 2.05. The predicted molar refractivity (Wildman–Crippen MR) is 57.1 cm³/mol. The minimum atomic E-state index is -0.644. The molecule has 0 radical (unpaired) electrons. The molecule has 0 aromatic carbocycles. The van der Waals surface area contributed by atoms with Gasteiger partial charge in [-0.2, -0.15) is 0 Å². The molecule has 4 N–H and O–H groups in total. The Balaban J connectivity index is 2.51. The average Bonchev–Trinajstić information content (AvgIpc) is 2.20. The number of piperidine rings is 1. The van der Waals surface area contributed by atoms with E-state index in [0.29, 0.717) is 6.42 Å². The molecule has 1 saturated heterocycles. The van der Waals surface area contributed by atoms with Gasteiger partial charge in [0.1, 0.15) is 6.04 Å². The fraction of sp³-hybridized carbons (Fsp3) is 0.700. The number of hydrogen-bond donors (Lipinski definition) is 3. The summed E-state index contributed by atoms with van der Waals surface area (Å²) in [6.45, 7) is 3.66. The number of carbonyl (C=O) groups excluding carboxylic acids is 3. The van der Waals surface area contributed by atoms with Gasteiger partial charge in [0.15, 0.2) is 0 Å². The monoisotopic (exact) mass is 227 g/mol. The molecule has 0 spiro atoms. The lowest BCUT2D eigenvalue weighted by Gasteiger charge is -2.24. The van der Waals surface area contributed by atoms with Crippen molar-refractivity contribution in [2.45, 2.75) is 38.8 Å². The van der Waals surface area contributed by atoms with E-state index in [1.54, 1.807) is 0 Å². The first-order chi connectivity index (χ1) is 7.41. The van der Waals surface area contributed by atoms with E-state index in [0.717, 1.165) is 0 Å². The van der Waals surface area contributed by atoms with Gasteiger partial charge in [-0.15, -0.1) is 0 Å². The standard InChI is InChI=1S/C10H17N3O3/c1-5(2)8(11)10(16)12-6-3-4-7(14)13-9(6)15/h5-6,8H,3-4,11H2,1-2H3,(H,12,16)(H,13,14,15)/t6?,8-/m1/s1. The quantitative estimate of drug-likeness (QED) is 0.532. The highest BCUT2D eigenvalue weighted by molar-refractivity contribution is 6.01. The zero-order valence-corrected chi connectivity index (χ0v) is 9.45. The van der Waals surface area contributed by atoms with Crippen molar-refractivity contribution in [3.8, 4) is 0 Å². The van der Waals surface area contributed by atoms with Gasteiger partial charge < -0.3 is 11.1 Å². The van der Waals surface area contributed by atoms with E-state index in [4.69, 9.17) is 5.73 Å². The van der Waals surface area contributed by atoms with E-state index in [2.05, 4.69) is 10.6 Å². The van der Waals surface area contributed by atoms with Crippen LogP contribution in [0.5, 0.6) is 0 Å².